The number of halogens is 1. The lowest BCUT2D eigenvalue weighted by atomic mass is 9.96. The third-order valence-electron chi connectivity index (χ3n) is 1.83. The van der Waals surface area contributed by atoms with E-state index in [1.165, 1.54) is 0 Å². The van der Waals surface area contributed by atoms with E-state index in [9.17, 15) is 4.79 Å². The zero-order valence-corrected chi connectivity index (χ0v) is 10.9. The highest BCUT2D eigenvalue weighted by Crippen LogP contribution is 2.12. The van der Waals surface area contributed by atoms with Gasteiger partial charge in [0.25, 0.3) is 0 Å². The Labute approximate surface area is 101 Å². The topological polar surface area (TPSA) is 42.0 Å². The van der Waals surface area contributed by atoms with Crippen molar-refractivity contribution >= 4 is 29.7 Å². The van der Waals surface area contributed by atoms with Crippen LogP contribution in [0.5, 0.6) is 0 Å². The lowest BCUT2D eigenvalue weighted by molar-refractivity contribution is -0.128. The van der Waals surface area contributed by atoms with Gasteiger partial charge in [-0.2, -0.15) is 0 Å². The number of nitrogens with one attached hydrogen (secondary N) is 1. The molecule has 86 valence electrons. The first-order valence-corrected chi connectivity index (χ1v) is 5.60. The fourth-order valence-electron chi connectivity index (χ4n) is 0.930. The molecule has 0 fully saturated rings. The minimum Gasteiger partial charge on any atom is -0.355 e. The fourth-order valence-corrected chi connectivity index (χ4v) is 1.52. The van der Waals surface area contributed by atoms with E-state index in [-0.39, 0.29) is 23.7 Å². The van der Waals surface area contributed by atoms with Gasteiger partial charge in [0.1, 0.15) is 0 Å². The summed E-state index contributed by atoms with van der Waals surface area (Å²) in [5.41, 5.74) is 2.55. The highest BCUT2D eigenvalue weighted by Gasteiger charge is 2.20. The quantitative estimate of drug-likeness (QED) is 0.892. The molecule has 1 heterocycles. The van der Waals surface area contributed by atoms with Crippen LogP contribution in [0.3, 0.4) is 0 Å². The third kappa shape index (κ3) is 5.14. The Hall–Kier alpha value is -0.610. The summed E-state index contributed by atoms with van der Waals surface area (Å²) in [5, 5.41) is 4.89. The van der Waals surface area contributed by atoms with E-state index in [1.807, 2.05) is 26.2 Å². The summed E-state index contributed by atoms with van der Waals surface area (Å²) in [4.78, 5) is 15.6. The predicted molar refractivity (Wildman–Crippen MR) is 65.5 cm³/mol. The number of thiazole rings is 1. The van der Waals surface area contributed by atoms with Gasteiger partial charge in [-0.05, 0) is 0 Å². The van der Waals surface area contributed by atoms with Gasteiger partial charge in [-0.3, -0.25) is 4.79 Å². The molecule has 1 aromatic heterocycles. The molecule has 0 bridgehead atoms. The molecule has 1 aromatic rings. The van der Waals surface area contributed by atoms with Crippen molar-refractivity contribution in [2.75, 3.05) is 6.54 Å². The van der Waals surface area contributed by atoms with E-state index >= 15 is 0 Å². The van der Waals surface area contributed by atoms with E-state index in [1.54, 1.807) is 16.8 Å². The zero-order chi connectivity index (χ0) is 10.6. The molecular weight excluding hydrogens is 232 g/mol. The molecular formula is C10H17ClN2OS. The smallest absolute Gasteiger partial charge is 0.225 e. The second kappa shape index (κ2) is 6.08. The predicted octanol–water partition coefficient (Wildman–Crippen LogP) is 2.27. The fraction of sp³-hybridized carbons (Fsp3) is 0.600. The van der Waals surface area contributed by atoms with Crippen molar-refractivity contribution in [3.05, 3.63) is 16.6 Å². The highest BCUT2D eigenvalue weighted by molar-refractivity contribution is 7.07. The minimum atomic E-state index is -0.303. The van der Waals surface area contributed by atoms with Crippen molar-refractivity contribution in [3.63, 3.8) is 0 Å². The maximum atomic E-state index is 11.5. The summed E-state index contributed by atoms with van der Waals surface area (Å²) in [5.74, 6) is 0.0905. The average molecular weight is 249 g/mol. The lowest BCUT2D eigenvalue weighted by Crippen LogP contribution is -2.35. The second-order valence-corrected chi connectivity index (χ2v) is 4.95. The lowest BCUT2D eigenvalue weighted by Gasteiger charge is -2.17. The highest BCUT2D eigenvalue weighted by atomic mass is 35.5. The Morgan fingerprint density at radius 3 is 2.67 bits per heavy atom. The first-order chi connectivity index (χ1) is 6.50. The number of rotatable bonds is 3. The van der Waals surface area contributed by atoms with E-state index in [0.29, 0.717) is 6.54 Å². The van der Waals surface area contributed by atoms with Crippen molar-refractivity contribution in [2.45, 2.75) is 27.2 Å². The van der Waals surface area contributed by atoms with Crippen LogP contribution in [-0.4, -0.2) is 17.4 Å². The standard InChI is InChI=1S/C10H16N2OS.ClH/c1-10(2,3)9(13)11-5-4-8-6-14-7-12-8;/h6-7H,4-5H2,1-3H3,(H,11,13);1H. The van der Waals surface area contributed by atoms with E-state index in [4.69, 9.17) is 0 Å². The van der Waals surface area contributed by atoms with E-state index < -0.39 is 0 Å². The molecule has 0 saturated heterocycles. The van der Waals surface area contributed by atoms with Crippen LogP contribution >= 0.6 is 23.7 Å². The number of amides is 1. The minimum absolute atomic E-state index is 0. The van der Waals surface area contributed by atoms with Gasteiger partial charge in [-0.25, -0.2) is 4.98 Å². The Bertz CT molecular complexity index is 293. The monoisotopic (exact) mass is 248 g/mol. The molecule has 0 spiro atoms. The number of carbonyl (C=O) groups is 1. The summed E-state index contributed by atoms with van der Waals surface area (Å²) in [7, 11) is 0. The van der Waals surface area contributed by atoms with Crippen molar-refractivity contribution in [2.24, 2.45) is 5.41 Å². The normalized spacial score (nSPS) is 10.6. The molecule has 0 aliphatic carbocycles. The second-order valence-electron chi connectivity index (χ2n) is 4.24. The zero-order valence-electron chi connectivity index (χ0n) is 9.24. The maximum Gasteiger partial charge on any atom is 0.225 e. The Morgan fingerprint density at radius 2 is 2.20 bits per heavy atom. The first-order valence-electron chi connectivity index (χ1n) is 4.65. The third-order valence-corrected chi connectivity index (χ3v) is 2.47. The number of nitrogens with zero attached hydrogens (tertiary/aromatic N) is 1. The van der Waals surface area contributed by atoms with E-state index in [2.05, 4.69) is 10.3 Å². The average Bonchev–Trinajstić information content (AvgIpc) is 2.55. The Morgan fingerprint density at radius 1 is 1.53 bits per heavy atom. The molecule has 1 N–H and O–H groups in total. The molecule has 0 atom stereocenters. The summed E-state index contributed by atoms with van der Waals surface area (Å²) >= 11 is 1.58. The molecule has 15 heavy (non-hydrogen) atoms. The van der Waals surface area contributed by atoms with Crippen LogP contribution < -0.4 is 5.32 Å². The molecule has 0 unspecified atom stereocenters. The number of hydrogen-bond acceptors (Lipinski definition) is 3. The Kier molecular flexibility index (Phi) is 5.83. The van der Waals surface area contributed by atoms with Crippen molar-refractivity contribution < 1.29 is 4.79 Å². The maximum absolute atomic E-state index is 11.5. The Balaban J connectivity index is 0.00000196. The van der Waals surface area contributed by atoms with Gasteiger partial charge in [0.05, 0.1) is 11.2 Å². The number of hydrogen-bond donors (Lipinski definition) is 1. The molecule has 1 rings (SSSR count). The largest absolute Gasteiger partial charge is 0.355 e. The van der Waals surface area contributed by atoms with Gasteiger partial charge in [0.15, 0.2) is 0 Å². The summed E-state index contributed by atoms with van der Waals surface area (Å²) < 4.78 is 0. The molecule has 0 aliphatic rings. The summed E-state index contributed by atoms with van der Waals surface area (Å²) in [6, 6.07) is 0. The van der Waals surface area contributed by atoms with Crippen molar-refractivity contribution in [3.8, 4) is 0 Å². The summed E-state index contributed by atoms with van der Waals surface area (Å²) in [6.45, 7) is 6.39. The first kappa shape index (κ1) is 14.4. The van der Waals surface area contributed by atoms with Crippen LogP contribution in [0.25, 0.3) is 0 Å². The molecule has 0 saturated carbocycles. The van der Waals surface area contributed by atoms with Crippen LogP contribution in [0.15, 0.2) is 10.9 Å². The van der Waals surface area contributed by atoms with Crippen LogP contribution in [0.1, 0.15) is 26.5 Å². The molecule has 3 nitrogen and oxygen atoms in total. The number of carbonyl (C=O) groups excluding carboxylic acids is 1. The molecule has 0 radical (unpaired) electrons. The van der Waals surface area contributed by atoms with Crippen LogP contribution in [0, 0.1) is 5.41 Å². The number of aromatic nitrogens is 1. The molecule has 5 heteroatoms. The summed E-state index contributed by atoms with van der Waals surface area (Å²) in [6.07, 6.45) is 0.811. The molecule has 0 aliphatic heterocycles. The van der Waals surface area contributed by atoms with E-state index in [0.717, 1.165) is 12.1 Å². The van der Waals surface area contributed by atoms with Gasteiger partial charge < -0.3 is 5.32 Å². The van der Waals surface area contributed by atoms with Crippen LogP contribution in [0.4, 0.5) is 0 Å². The molecule has 1 amide bonds. The van der Waals surface area contributed by atoms with Crippen molar-refractivity contribution in [1.82, 2.24) is 10.3 Å². The van der Waals surface area contributed by atoms with Gasteiger partial charge >= 0.3 is 0 Å². The van der Waals surface area contributed by atoms with Crippen LogP contribution in [0.2, 0.25) is 0 Å². The van der Waals surface area contributed by atoms with Gasteiger partial charge in [-0.15, -0.1) is 23.7 Å². The SMILES string of the molecule is CC(C)(C)C(=O)NCCc1cscn1.Cl. The van der Waals surface area contributed by atoms with Gasteiger partial charge in [0.2, 0.25) is 5.91 Å². The van der Waals surface area contributed by atoms with Crippen molar-refractivity contribution in [1.29, 1.82) is 0 Å². The molecule has 0 aromatic carbocycles. The van der Waals surface area contributed by atoms with Crippen LogP contribution in [-0.2, 0) is 11.2 Å². The van der Waals surface area contributed by atoms with Gasteiger partial charge in [0, 0.05) is 23.8 Å². The van der Waals surface area contributed by atoms with Gasteiger partial charge in [-0.1, -0.05) is 20.8 Å².